The van der Waals surface area contributed by atoms with Gasteiger partial charge in [-0.2, -0.15) is 0 Å². The summed E-state index contributed by atoms with van der Waals surface area (Å²) in [5, 5.41) is 0.933. The van der Waals surface area contributed by atoms with Crippen LogP contribution in [0.1, 0.15) is 11.3 Å². The number of aromatic amines is 1. The van der Waals surface area contributed by atoms with Crippen molar-refractivity contribution in [3.8, 4) is 17.2 Å². The standard InChI is InChI=1S/C25H24N4O4/c1-30-19-10-9-16(12-21(19)32-3)13-29(14-17-6-5-11-33-17)25-24-23(26-15-27-25)22-18(28-24)7-4-8-20(22)31-2/h4-12,15,28H,13-14H2,1-3H3. The number of rotatable bonds is 8. The third-order valence-corrected chi connectivity index (χ3v) is 5.62. The first-order chi connectivity index (χ1) is 16.2. The molecule has 2 aromatic carbocycles. The van der Waals surface area contributed by atoms with E-state index in [1.807, 2.05) is 48.5 Å². The molecule has 0 bridgehead atoms. The Balaban J connectivity index is 1.63. The second kappa shape index (κ2) is 8.74. The maximum atomic E-state index is 5.65. The highest BCUT2D eigenvalue weighted by molar-refractivity contribution is 6.11. The van der Waals surface area contributed by atoms with Gasteiger partial charge in [-0.25, -0.2) is 9.97 Å². The molecule has 8 nitrogen and oxygen atoms in total. The van der Waals surface area contributed by atoms with Gasteiger partial charge in [0.05, 0.1) is 45.0 Å². The zero-order valence-electron chi connectivity index (χ0n) is 18.7. The van der Waals surface area contributed by atoms with Crippen molar-refractivity contribution in [2.24, 2.45) is 0 Å². The Morgan fingerprint density at radius 2 is 1.73 bits per heavy atom. The van der Waals surface area contributed by atoms with Crippen LogP contribution in [0.15, 0.2) is 65.5 Å². The van der Waals surface area contributed by atoms with Gasteiger partial charge in [-0.15, -0.1) is 0 Å². The highest BCUT2D eigenvalue weighted by atomic mass is 16.5. The number of hydrogen-bond acceptors (Lipinski definition) is 7. The van der Waals surface area contributed by atoms with E-state index < -0.39 is 0 Å². The average molecular weight is 444 g/mol. The number of fused-ring (bicyclic) bond motifs is 3. The quantitative estimate of drug-likeness (QED) is 0.363. The third-order valence-electron chi connectivity index (χ3n) is 5.62. The number of hydrogen-bond donors (Lipinski definition) is 1. The molecule has 0 fully saturated rings. The van der Waals surface area contributed by atoms with E-state index in [2.05, 4.69) is 19.9 Å². The van der Waals surface area contributed by atoms with Gasteiger partial charge in [0, 0.05) is 6.54 Å². The largest absolute Gasteiger partial charge is 0.496 e. The van der Waals surface area contributed by atoms with Gasteiger partial charge in [0.1, 0.15) is 28.9 Å². The van der Waals surface area contributed by atoms with Crippen LogP contribution in [0, 0.1) is 0 Å². The van der Waals surface area contributed by atoms with E-state index >= 15 is 0 Å². The van der Waals surface area contributed by atoms with Crippen molar-refractivity contribution in [1.82, 2.24) is 15.0 Å². The van der Waals surface area contributed by atoms with Crippen molar-refractivity contribution in [2.45, 2.75) is 13.1 Å². The normalized spacial score (nSPS) is 11.1. The van der Waals surface area contributed by atoms with E-state index in [0.717, 1.165) is 44.8 Å². The maximum Gasteiger partial charge on any atom is 0.161 e. The Labute approximate surface area is 190 Å². The van der Waals surface area contributed by atoms with Crippen LogP contribution in [0.2, 0.25) is 0 Å². The molecule has 1 N–H and O–H groups in total. The lowest BCUT2D eigenvalue weighted by Gasteiger charge is -2.23. The smallest absolute Gasteiger partial charge is 0.161 e. The Bertz CT molecular complexity index is 1390. The molecule has 0 aliphatic rings. The molecule has 0 amide bonds. The van der Waals surface area contributed by atoms with Gasteiger partial charge in [-0.3, -0.25) is 0 Å². The molecular formula is C25H24N4O4. The molecule has 33 heavy (non-hydrogen) atoms. The van der Waals surface area contributed by atoms with E-state index in [-0.39, 0.29) is 0 Å². The Kier molecular flexibility index (Phi) is 5.48. The summed E-state index contributed by atoms with van der Waals surface area (Å²) in [5.41, 5.74) is 3.63. The van der Waals surface area contributed by atoms with Crippen LogP contribution >= 0.6 is 0 Å². The van der Waals surface area contributed by atoms with Crippen LogP contribution in [-0.4, -0.2) is 36.3 Å². The molecule has 0 aliphatic heterocycles. The van der Waals surface area contributed by atoms with Gasteiger partial charge in [0.15, 0.2) is 17.3 Å². The first kappa shape index (κ1) is 20.7. The summed E-state index contributed by atoms with van der Waals surface area (Å²) in [6.45, 7) is 1.10. The van der Waals surface area contributed by atoms with Gasteiger partial charge >= 0.3 is 0 Å². The van der Waals surface area contributed by atoms with Crippen LogP contribution in [0.5, 0.6) is 17.2 Å². The van der Waals surface area contributed by atoms with Crippen LogP contribution in [-0.2, 0) is 13.1 Å². The summed E-state index contributed by atoms with van der Waals surface area (Å²) in [6, 6.07) is 15.6. The minimum absolute atomic E-state index is 0.528. The van der Waals surface area contributed by atoms with Gasteiger partial charge in [0.25, 0.3) is 0 Å². The van der Waals surface area contributed by atoms with Crippen LogP contribution in [0.3, 0.4) is 0 Å². The molecule has 0 saturated carbocycles. The topological polar surface area (TPSA) is 85.6 Å². The molecule has 0 spiro atoms. The average Bonchev–Trinajstić information content (AvgIpc) is 3.50. The fourth-order valence-electron chi connectivity index (χ4n) is 4.10. The number of ether oxygens (including phenoxy) is 3. The number of methoxy groups -OCH3 is 3. The first-order valence-corrected chi connectivity index (χ1v) is 10.5. The van der Waals surface area contributed by atoms with Crippen LogP contribution < -0.4 is 19.1 Å². The van der Waals surface area contributed by atoms with E-state index in [1.54, 1.807) is 33.9 Å². The number of aromatic nitrogens is 3. The molecule has 0 aliphatic carbocycles. The van der Waals surface area contributed by atoms with Crippen molar-refractivity contribution >= 4 is 27.8 Å². The lowest BCUT2D eigenvalue weighted by Crippen LogP contribution is -2.23. The third kappa shape index (κ3) is 3.80. The molecule has 0 atom stereocenters. The number of benzene rings is 2. The second-order valence-corrected chi connectivity index (χ2v) is 7.55. The summed E-state index contributed by atoms with van der Waals surface area (Å²) in [5.74, 6) is 3.73. The van der Waals surface area contributed by atoms with Crippen LogP contribution in [0.4, 0.5) is 5.82 Å². The van der Waals surface area contributed by atoms with Crippen molar-refractivity contribution in [3.05, 3.63) is 72.4 Å². The Hall–Kier alpha value is -4.20. The molecule has 5 aromatic rings. The predicted octanol–water partition coefficient (Wildman–Crippen LogP) is 4.94. The summed E-state index contributed by atoms with van der Waals surface area (Å²) in [7, 11) is 4.92. The SMILES string of the molecule is COc1ccc(CN(Cc2ccco2)c2ncnc3c2[nH]c2cccc(OC)c23)cc1OC. The van der Waals surface area contributed by atoms with E-state index in [9.17, 15) is 0 Å². The number of anilines is 1. The number of furan rings is 1. The van der Waals surface area contributed by atoms with Gasteiger partial charge in [-0.05, 0) is 42.0 Å². The lowest BCUT2D eigenvalue weighted by molar-refractivity contribution is 0.354. The zero-order valence-corrected chi connectivity index (χ0v) is 18.7. The molecule has 0 saturated heterocycles. The highest BCUT2D eigenvalue weighted by Crippen LogP contribution is 2.36. The fraction of sp³-hybridized carbons (Fsp3) is 0.200. The maximum absolute atomic E-state index is 5.65. The Morgan fingerprint density at radius 1 is 0.879 bits per heavy atom. The second-order valence-electron chi connectivity index (χ2n) is 7.55. The molecule has 3 aromatic heterocycles. The summed E-state index contributed by atoms with van der Waals surface area (Å²) in [4.78, 5) is 14.9. The Morgan fingerprint density at radius 3 is 2.48 bits per heavy atom. The van der Waals surface area contributed by atoms with Crippen molar-refractivity contribution < 1.29 is 18.6 Å². The molecule has 5 rings (SSSR count). The molecule has 3 heterocycles. The summed E-state index contributed by atoms with van der Waals surface area (Å²) in [6.07, 6.45) is 3.26. The van der Waals surface area contributed by atoms with Gasteiger partial charge < -0.3 is 28.5 Å². The highest BCUT2D eigenvalue weighted by Gasteiger charge is 2.20. The van der Waals surface area contributed by atoms with E-state index in [0.29, 0.717) is 24.6 Å². The monoisotopic (exact) mass is 444 g/mol. The molecule has 0 unspecified atom stereocenters. The van der Waals surface area contributed by atoms with Crippen LogP contribution in [0.25, 0.3) is 21.9 Å². The molecule has 8 heteroatoms. The fourth-order valence-corrected chi connectivity index (χ4v) is 4.10. The summed E-state index contributed by atoms with van der Waals surface area (Å²) >= 11 is 0. The van der Waals surface area contributed by atoms with E-state index in [1.165, 1.54) is 0 Å². The zero-order chi connectivity index (χ0) is 22.8. The minimum Gasteiger partial charge on any atom is -0.496 e. The number of H-pyrrole nitrogens is 1. The summed E-state index contributed by atoms with van der Waals surface area (Å²) < 4.78 is 22.1. The van der Waals surface area contributed by atoms with Crippen molar-refractivity contribution in [3.63, 3.8) is 0 Å². The van der Waals surface area contributed by atoms with Gasteiger partial charge in [-0.1, -0.05) is 12.1 Å². The predicted molar refractivity (Wildman–Crippen MR) is 126 cm³/mol. The van der Waals surface area contributed by atoms with Gasteiger partial charge in [0.2, 0.25) is 0 Å². The van der Waals surface area contributed by atoms with E-state index in [4.69, 9.17) is 18.6 Å². The number of nitrogens with one attached hydrogen (secondary N) is 1. The lowest BCUT2D eigenvalue weighted by atomic mass is 10.1. The van der Waals surface area contributed by atoms with Crippen molar-refractivity contribution in [1.29, 1.82) is 0 Å². The minimum atomic E-state index is 0.528. The first-order valence-electron chi connectivity index (χ1n) is 10.5. The van der Waals surface area contributed by atoms with Crippen molar-refractivity contribution in [2.75, 3.05) is 26.2 Å². The number of nitrogens with zero attached hydrogens (tertiary/aromatic N) is 3. The molecule has 0 radical (unpaired) electrons. The molecule has 168 valence electrons. The molecular weight excluding hydrogens is 420 g/mol.